The highest BCUT2D eigenvalue weighted by atomic mass is 79.9. The SMILES string of the molecule is N/C(=N/O)c1ccc(Br)cc1Oc1ccccc1F. The molecule has 2 rings (SSSR count). The Kier molecular flexibility index (Phi) is 4.01. The van der Waals surface area contributed by atoms with Crippen molar-refractivity contribution >= 4 is 21.8 Å². The van der Waals surface area contributed by atoms with Crippen molar-refractivity contribution in [2.75, 3.05) is 0 Å². The number of nitrogens with zero attached hydrogens (tertiary/aromatic N) is 1. The summed E-state index contributed by atoms with van der Waals surface area (Å²) in [5, 5.41) is 11.6. The van der Waals surface area contributed by atoms with Gasteiger partial charge in [0.2, 0.25) is 0 Å². The van der Waals surface area contributed by atoms with E-state index in [0.717, 1.165) is 4.47 Å². The molecule has 3 N–H and O–H groups in total. The summed E-state index contributed by atoms with van der Waals surface area (Å²) in [6.07, 6.45) is 0. The number of ether oxygens (including phenoxy) is 1. The molecule has 0 amide bonds. The molecule has 0 heterocycles. The standard InChI is InChI=1S/C13H10BrFN2O2/c14-8-5-6-9(13(16)17-18)12(7-8)19-11-4-2-1-3-10(11)15/h1-7,18H,(H2,16,17). The molecular weight excluding hydrogens is 315 g/mol. The van der Waals surface area contributed by atoms with Crippen molar-refractivity contribution in [2.45, 2.75) is 0 Å². The normalized spacial score (nSPS) is 11.4. The highest BCUT2D eigenvalue weighted by Gasteiger charge is 2.12. The van der Waals surface area contributed by atoms with Gasteiger partial charge in [-0.25, -0.2) is 4.39 Å². The summed E-state index contributed by atoms with van der Waals surface area (Å²) in [5.74, 6) is -0.255. The lowest BCUT2D eigenvalue weighted by Crippen LogP contribution is -2.14. The molecule has 2 aromatic rings. The predicted octanol–water partition coefficient (Wildman–Crippen LogP) is 3.48. The Morgan fingerprint density at radius 1 is 1.21 bits per heavy atom. The van der Waals surface area contributed by atoms with Crippen molar-refractivity contribution in [3.8, 4) is 11.5 Å². The van der Waals surface area contributed by atoms with Gasteiger partial charge in [0.15, 0.2) is 17.4 Å². The summed E-state index contributed by atoms with van der Waals surface area (Å²) in [7, 11) is 0. The molecule has 4 nitrogen and oxygen atoms in total. The van der Waals surface area contributed by atoms with Crippen LogP contribution in [0.2, 0.25) is 0 Å². The van der Waals surface area contributed by atoms with E-state index >= 15 is 0 Å². The van der Waals surface area contributed by atoms with Gasteiger partial charge in [-0.2, -0.15) is 0 Å². The third-order valence-electron chi connectivity index (χ3n) is 2.38. The molecule has 0 saturated heterocycles. The van der Waals surface area contributed by atoms with Crippen LogP contribution in [0.4, 0.5) is 4.39 Å². The van der Waals surface area contributed by atoms with Crippen LogP contribution in [-0.4, -0.2) is 11.0 Å². The quantitative estimate of drug-likeness (QED) is 0.393. The zero-order valence-electron chi connectivity index (χ0n) is 9.68. The average molecular weight is 325 g/mol. The van der Waals surface area contributed by atoms with Gasteiger partial charge in [0.1, 0.15) is 5.75 Å². The van der Waals surface area contributed by atoms with Crippen LogP contribution >= 0.6 is 15.9 Å². The molecule has 0 atom stereocenters. The lowest BCUT2D eigenvalue weighted by atomic mass is 10.2. The van der Waals surface area contributed by atoms with Crippen molar-refractivity contribution in [1.29, 1.82) is 0 Å². The van der Waals surface area contributed by atoms with Crippen molar-refractivity contribution in [1.82, 2.24) is 0 Å². The molecule has 0 saturated carbocycles. The third-order valence-corrected chi connectivity index (χ3v) is 2.88. The predicted molar refractivity (Wildman–Crippen MR) is 73.1 cm³/mol. The summed E-state index contributed by atoms with van der Waals surface area (Å²) in [4.78, 5) is 0. The molecular formula is C13H10BrFN2O2. The highest BCUT2D eigenvalue weighted by molar-refractivity contribution is 9.10. The van der Waals surface area contributed by atoms with E-state index in [1.165, 1.54) is 12.1 Å². The second-order valence-corrected chi connectivity index (χ2v) is 4.57. The lowest BCUT2D eigenvalue weighted by molar-refractivity contribution is 0.318. The molecule has 2 aromatic carbocycles. The Labute approximate surface area is 117 Å². The fourth-order valence-corrected chi connectivity index (χ4v) is 1.83. The number of hydrogen-bond donors (Lipinski definition) is 2. The molecule has 0 unspecified atom stereocenters. The van der Waals surface area contributed by atoms with Crippen LogP contribution in [0.25, 0.3) is 0 Å². The minimum Gasteiger partial charge on any atom is -0.453 e. The van der Waals surface area contributed by atoms with Crippen LogP contribution < -0.4 is 10.5 Å². The van der Waals surface area contributed by atoms with Crippen molar-refractivity contribution in [3.05, 3.63) is 58.3 Å². The molecule has 0 bridgehead atoms. The summed E-state index contributed by atoms with van der Waals surface area (Å²) >= 11 is 3.28. The van der Waals surface area contributed by atoms with Crippen LogP contribution in [0.3, 0.4) is 0 Å². The summed E-state index contributed by atoms with van der Waals surface area (Å²) in [5.41, 5.74) is 5.92. The molecule has 0 fully saturated rings. The van der Waals surface area contributed by atoms with Crippen LogP contribution in [0.1, 0.15) is 5.56 Å². The second-order valence-electron chi connectivity index (χ2n) is 3.66. The van der Waals surface area contributed by atoms with E-state index in [-0.39, 0.29) is 17.3 Å². The minimum absolute atomic E-state index is 0.0626. The first-order valence-corrected chi connectivity index (χ1v) is 6.11. The fraction of sp³-hybridized carbons (Fsp3) is 0. The molecule has 0 aromatic heterocycles. The maximum absolute atomic E-state index is 13.5. The van der Waals surface area contributed by atoms with Gasteiger partial charge in [0, 0.05) is 4.47 Å². The minimum atomic E-state index is -0.493. The van der Waals surface area contributed by atoms with Crippen molar-refractivity contribution in [3.63, 3.8) is 0 Å². The first-order chi connectivity index (χ1) is 9.11. The van der Waals surface area contributed by atoms with Crippen LogP contribution in [0.15, 0.2) is 52.1 Å². The van der Waals surface area contributed by atoms with E-state index in [0.29, 0.717) is 5.56 Å². The molecule has 0 radical (unpaired) electrons. The van der Waals surface area contributed by atoms with Gasteiger partial charge in [-0.05, 0) is 30.3 Å². The number of halogens is 2. The van der Waals surface area contributed by atoms with Gasteiger partial charge < -0.3 is 15.7 Å². The van der Waals surface area contributed by atoms with Gasteiger partial charge in [0.25, 0.3) is 0 Å². The van der Waals surface area contributed by atoms with E-state index < -0.39 is 5.82 Å². The molecule has 6 heteroatoms. The first kappa shape index (κ1) is 13.4. The fourth-order valence-electron chi connectivity index (χ4n) is 1.49. The van der Waals surface area contributed by atoms with Gasteiger partial charge in [-0.3, -0.25) is 0 Å². The van der Waals surface area contributed by atoms with E-state index in [4.69, 9.17) is 15.7 Å². The Morgan fingerprint density at radius 3 is 2.63 bits per heavy atom. The molecule has 0 aliphatic rings. The number of nitrogens with two attached hydrogens (primary N) is 1. The van der Waals surface area contributed by atoms with E-state index in [2.05, 4.69) is 21.1 Å². The third kappa shape index (κ3) is 3.03. The highest BCUT2D eigenvalue weighted by Crippen LogP contribution is 2.29. The molecule has 19 heavy (non-hydrogen) atoms. The number of rotatable bonds is 3. The van der Waals surface area contributed by atoms with Gasteiger partial charge in [-0.1, -0.05) is 33.2 Å². The van der Waals surface area contributed by atoms with Crippen molar-refractivity contribution in [2.24, 2.45) is 10.9 Å². The van der Waals surface area contributed by atoms with E-state index in [1.807, 2.05) is 0 Å². The number of oxime groups is 1. The Morgan fingerprint density at radius 2 is 1.95 bits per heavy atom. The van der Waals surface area contributed by atoms with Crippen molar-refractivity contribution < 1.29 is 14.3 Å². The molecule has 0 aliphatic carbocycles. The van der Waals surface area contributed by atoms with E-state index in [9.17, 15) is 4.39 Å². The average Bonchev–Trinajstić information content (AvgIpc) is 2.41. The van der Waals surface area contributed by atoms with Crippen LogP contribution in [0, 0.1) is 5.82 Å². The van der Waals surface area contributed by atoms with Gasteiger partial charge >= 0.3 is 0 Å². The number of benzene rings is 2. The van der Waals surface area contributed by atoms with Crippen LogP contribution in [0.5, 0.6) is 11.5 Å². The number of amidine groups is 1. The maximum Gasteiger partial charge on any atom is 0.173 e. The summed E-state index contributed by atoms with van der Waals surface area (Å²) in [6.45, 7) is 0. The molecule has 98 valence electrons. The number of hydrogen-bond acceptors (Lipinski definition) is 3. The zero-order valence-corrected chi connectivity index (χ0v) is 11.3. The first-order valence-electron chi connectivity index (χ1n) is 5.31. The maximum atomic E-state index is 13.5. The largest absolute Gasteiger partial charge is 0.453 e. The number of para-hydroxylation sites is 1. The molecule has 0 spiro atoms. The van der Waals surface area contributed by atoms with E-state index in [1.54, 1.807) is 30.3 Å². The Hall–Kier alpha value is -2.08. The Balaban J connectivity index is 2.44. The topological polar surface area (TPSA) is 67.8 Å². The van der Waals surface area contributed by atoms with Crippen LogP contribution in [-0.2, 0) is 0 Å². The monoisotopic (exact) mass is 324 g/mol. The molecule has 0 aliphatic heterocycles. The zero-order chi connectivity index (χ0) is 13.8. The van der Waals surface area contributed by atoms with Gasteiger partial charge in [0.05, 0.1) is 5.56 Å². The lowest BCUT2D eigenvalue weighted by Gasteiger charge is -2.11. The second kappa shape index (κ2) is 5.71. The van der Waals surface area contributed by atoms with Gasteiger partial charge in [-0.15, -0.1) is 0 Å². The summed E-state index contributed by atoms with van der Waals surface area (Å²) < 4.78 is 19.7. The summed E-state index contributed by atoms with van der Waals surface area (Å²) in [6, 6.07) is 10.9. The Bertz CT molecular complexity index is 632. The smallest absolute Gasteiger partial charge is 0.173 e.